The van der Waals surface area contributed by atoms with Gasteiger partial charge >= 0.3 is 144 Å². The predicted molar refractivity (Wildman–Crippen MR) is 291 cm³/mol. The van der Waals surface area contributed by atoms with E-state index in [-0.39, 0.29) is 0 Å². The van der Waals surface area contributed by atoms with E-state index in [2.05, 4.69) is 102 Å². The zero-order valence-corrected chi connectivity index (χ0v) is 56.7. The molecule has 0 saturated heterocycles. The molecular weight excluding hydrogens is 1760 g/mol. The zero-order chi connectivity index (χ0) is 91.7. The van der Waals surface area contributed by atoms with Crippen molar-refractivity contribution in [2.75, 3.05) is 105 Å². The average Bonchev–Trinajstić information content (AvgIpc) is 0.776. The normalized spacial score (nSPS) is 15.1. The van der Waals surface area contributed by atoms with Crippen LogP contribution in [-0.4, -0.2) is 275 Å². The molecular formula is C53H52F36N4O24. The second kappa shape index (κ2) is 42.1. The number of carbonyl (C=O) groups excluding carboxylic acids is 8. The van der Waals surface area contributed by atoms with Crippen molar-refractivity contribution in [3.8, 4) is 0 Å². The Kier molecular flexibility index (Phi) is 38.9. The summed E-state index contributed by atoms with van der Waals surface area (Å²) in [4.78, 5) is 90.7. The third-order valence-electron chi connectivity index (χ3n) is 12.3. The van der Waals surface area contributed by atoms with E-state index in [1.807, 2.05) is 0 Å². The van der Waals surface area contributed by atoms with Crippen LogP contribution in [0.1, 0.15) is 0 Å². The minimum absolute atomic E-state index is 0.448. The predicted octanol–water partition coefficient (Wildman–Crippen LogP) is 10.9. The lowest BCUT2D eigenvalue weighted by Gasteiger charge is -2.39. The van der Waals surface area contributed by atoms with Crippen molar-refractivity contribution in [2.24, 2.45) is 5.41 Å². The number of hydrogen-bond acceptors (Lipinski definition) is 24. The fourth-order valence-corrected chi connectivity index (χ4v) is 6.10. The summed E-state index contributed by atoms with van der Waals surface area (Å²) in [5, 5.41) is 5.13. The van der Waals surface area contributed by atoms with Crippen LogP contribution in [-0.2, 0) is 95.0 Å². The second-order valence-corrected chi connectivity index (χ2v) is 21.3. The molecule has 4 amide bonds. The molecule has 4 atom stereocenters. The van der Waals surface area contributed by atoms with E-state index in [0.717, 1.165) is 0 Å². The van der Waals surface area contributed by atoms with Gasteiger partial charge in [-0.05, 0) is 0 Å². The van der Waals surface area contributed by atoms with E-state index in [0.29, 0.717) is 24.3 Å². The van der Waals surface area contributed by atoms with E-state index < -0.39 is 281 Å². The molecule has 64 heteroatoms. The SMILES string of the molecule is C=CC(=O)OCCNC(=O)OCC(F)(F)C(F)(F)C(F)(F)OC(F)C(F)(F)OCC(COC(F)(F)C(F)OC(F)(F)C(F)(F)C(F)(F)COC(=O)NCCOC(=O)C=C)(COC(F)(F)C(F)OC(F)(F)C(F)(F)C(F)(F)COC(=O)NCCOC(=O)C=C)COC(F)(F)C(F)OC(F)(F)C(F)(F)C(F)(F)COC(=O)NCCOC(=O)C=C. The van der Waals surface area contributed by atoms with Crippen molar-refractivity contribution in [2.45, 2.75) is 122 Å². The van der Waals surface area contributed by atoms with Crippen LogP contribution in [0.4, 0.5) is 177 Å². The number of nitrogens with one attached hydrogen (secondary N) is 4. The number of halogens is 36. The Bertz CT molecular complexity index is 2910. The van der Waals surface area contributed by atoms with Crippen molar-refractivity contribution in [3.63, 3.8) is 0 Å². The van der Waals surface area contributed by atoms with Gasteiger partial charge in [0.05, 0.1) is 58.0 Å². The van der Waals surface area contributed by atoms with Gasteiger partial charge in [0.25, 0.3) is 25.4 Å². The van der Waals surface area contributed by atoms with Crippen LogP contribution in [0.25, 0.3) is 0 Å². The molecule has 0 aliphatic heterocycles. The molecule has 0 aliphatic carbocycles. The smallest absolute Gasteiger partial charge is 0.428 e. The van der Waals surface area contributed by atoms with Crippen LogP contribution in [0, 0.1) is 5.41 Å². The Morgan fingerprint density at radius 2 is 0.410 bits per heavy atom. The maximum absolute atomic E-state index is 15.4. The van der Waals surface area contributed by atoms with Gasteiger partial charge in [-0.1, -0.05) is 26.3 Å². The summed E-state index contributed by atoms with van der Waals surface area (Å²) in [6, 6.07) is 0. The third kappa shape index (κ3) is 31.1. The Morgan fingerprint density at radius 3 is 0.556 bits per heavy atom. The molecule has 0 aromatic rings. The summed E-state index contributed by atoms with van der Waals surface area (Å²) in [6.07, 6.45) is -93.4. The molecule has 0 spiro atoms. The number of amides is 4. The van der Waals surface area contributed by atoms with Gasteiger partial charge in [0.2, 0.25) is 0 Å². The number of ether oxygens (including phenoxy) is 16. The first-order chi connectivity index (χ1) is 52.7. The molecule has 0 saturated carbocycles. The first-order valence-electron chi connectivity index (χ1n) is 29.4. The maximum atomic E-state index is 15.4. The molecule has 0 aliphatic rings. The van der Waals surface area contributed by atoms with Gasteiger partial charge in [-0.3, -0.25) is 18.9 Å². The standard InChI is InChI=1S/C53H52F36N4O24/c1-5-25(94)102-13-9-90-33(98)106-21-38(58,59)46(74,75)50(82,83)114-29(54)42(66,67)110-17-37(18-111-43(68,69)30(55)115-51(84,85)47(76,77)39(60,61)22-107-34(99)91-10-14-103-26(95)6-2,19-112-44(70,71)31(56)116-52(86,87)48(78,79)40(62,63)23-108-35(100)92-11-15-104-27(96)7-3)20-113-45(72,73)32(57)117-53(88,89)49(80,81)41(64,65)24-109-36(101)93-12-16-105-28(97)8-4/h5-8,29-32H,1-4,9-24H2,(H,90,98)(H,91,99)(H,92,100)(H,93,101). The number of alkyl carbamates (subject to hydrolysis) is 4. The molecule has 0 aromatic carbocycles. The second-order valence-electron chi connectivity index (χ2n) is 21.3. The first kappa shape index (κ1) is 108. The van der Waals surface area contributed by atoms with Crippen LogP contribution < -0.4 is 21.3 Å². The summed E-state index contributed by atoms with van der Waals surface area (Å²) in [5.74, 6) is -63.5. The van der Waals surface area contributed by atoms with E-state index in [9.17, 15) is 144 Å². The zero-order valence-electron chi connectivity index (χ0n) is 56.7. The molecule has 4 N–H and O–H groups in total. The third-order valence-corrected chi connectivity index (χ3v) is 12.3. The monoisotopic (exact) mass is 1810 g/mol. The molecule has 0 bridgehead atoms. The van der Waals surface area contributed by atoms with Gasteiger partial charge in [0, 0.05) is 24.3 Å². The van der Waals surface area contributed by atoms with Crippen molar-refractivity contribution < 1.29 is 272 Å². The fraction of sp³-hybridized carbons (Fsp3) is 0.698. The highest BCUT2D eigenvalue weighted by Gasteiger charge is 2.79. The van der Waals surface area contributed by atoms with E-state index >= 15 is 52.7 Å². The molecule has 4 unspecified atom stereocenters. The van der Waals surface area contributed by atoms with E-state index in [1.165, 1.54) is 21.3 Å². The van der Waals surface area contributed by atoms with Crippen LogP contribution in [0.15, 0.2) is 50.6 Å². The Morgan fingerprint density at radius 1 is 0.256 bits per heavy atom. The Labute approximate surface area is 624 Å². The number of carbonyl (C=O) groups is 8. The number of hydrogen-bond donors (Lipinski definition) is 4. The molecule has 0 fully saturated rings. The Hall–Kier alpha value is -8.92. The molecule has 28 nitrogen and oxygen atoms in total. The minimum Gasteiger partial charge on any atom is -0.461 e. The highest BCUT2D eigenvalue weighted by molar-refractivity contribution is 5.82. The molecule has 0 rings (SSSR count). The van der Waals surface area contributed by atoms with Gasteiger partial charge in [-0.2, -0.15) is 140 Å². The quantitative estimate of drug-likeness (QED) is 0.0144. The molecule has 0 heterocycles. The summed E-state index contributed by atoms with van der Waals surface area (Å²) < 4.78 is 587. The first-order valence-corrected chi connectivity index (χ1v) is 29.4. The number of esters is 4. The topological polar surface area (TPSA) is 332 Å². The summed E-state index contributed by atoms with van der Waals surface area (Å²) in [6.45, 7) is -26.9. The lowest BCUT2D eigenvalue weighted by Crippen LogP contribution is -2.60. The summed E-state index contributed by atoms with van der Waals surface area (Å²) >= 11 is 0. The van der Waals surface area contributed by atoms with E-state index in [4.69, 9.17) is 0 Å². The molecule has 680 valence electrons. The highest BCUT2D eigenvalue weighted by atomic mass is 19.4. The Balaban J connectivity index is 8.42. The van der Waals surface area contributed by atoms with Crippen LogP contribution in [0.3, 0.4) is 0 Å². The van der Waals surface area contributed by atoms with Gasteiger partial charge in [0.15, 0.2) is 26.4 Å². The van der Waals surface area contributed by atoms with Crippen molar-refractivity contribution in [3.05, 3.63) is 50.6 Å². The van der Waals surface area contributed by atoms with Gasteiger partial charge in [0.1, 0.15) is 26.4 Å². The molecule has 117 heavy (non-hydrogen) atoms. The summed E-state index contributed by atoms with van der Waals surface area (Å²) in [5.41, 5.74) is -5.64. The summed E-state index contributed by atoms with van der Waals surface area (Å²) in [7, 11) is 0. The van der Waals surface area contributed by atoms with Gasteiger partial charge < -0.3 is 78.1 Å². The van der Waals surface area contributed by atoms with Crippen LogP contribution in [0.2, 0.25) is 0 Å². The van der Waals surface area contributed by atoms with Gasteiger partial charge in [-0.25, -0.2) is 55.9 Å². The molecule has 0 aromatic heterocycles. The number of alkyl halides is 36. The average molecular weight is 1810 g/mol. The lowest BCUT2D eigenvalue weighted by molar-refractivity contribution is -0.464. The lowest BCUT2D eigenvalue weighted by atomic mass is 9.92. The highest BCUT2D eigenvalue weighted by Crippen LogP contribution is 2.53. The largest absolute Gasteiger partial charge is 0.461 e. The van der Waals surface area contributed by atoms with Crippen LogP contribution in [0.5, 0.6) is 0 Å². The van der Waals surface area contributed by atoms with Crippen LogP contribution >= 0.6 is 0 Å². The maximum Gasteiger partial charge on any atom is 0.428 e. The van der Waals surface area contributed by atoms with Gasteiger partial charge in [-0.15, -0.1) is 0 Å². The van der Waals surface area contributed by atoms with E-state index in [1.54, 1.807) is 0 Å². The fourth-order valence-electron chi connectivity index (χ4n) is 6.10. The van der Waals surface area contributed by atoms with Crippen molar-refractivity contribution in [1.29, 1.82) is 0 Å². The van der Waals surface area contributed by atoms with Crippen molar-refractivity contribution in [1.82, 2.24) is 21.3 Å². The molecule has 0 radical (unpaired) electrons. The number of rotatable bonds is 56. The minimum atomic E-state index is -7.76. The van der Waals surface area contributed by atoms with Crippen molar-refractivity contribution >= 4 is 48.3 Å².